The number of hydrogen-bond acceptors (Lipinski definition) is 5. The molecule has 0 aliphatic carbocycles. The summed E-state index contributed by atoms with van der Waals surface area (Å²) in [6, 6.07) is 16.0. The molecule has 1 atom stereocenters. The van der Waals surface area contributed by atoms with Gasteiger partial charge in [0.05, 0.1) is 13.2 Å². The smallest absolute Gasteiger partial charge is 0.247 e. The summed E-state index contributed by atoms with van der Waals surface area (Å²) in [6.45, 7) is 2.82. The summed E-state index contributed by atoms with van der Waals surface area (Å²) < 4.78 is 11.0. The highest BCUT2D eigenvalue weighted by Crippen LogP contribution is 2.33. The van der Waals surface area contributed by atoms with E-state index >= 15 is 0 Å². The summed E-state index contributed by atoms with van der Waals surface area (Å²) in [5, 5.41) is 8.23. The zero-order chi connectivity index (χ0) is 20.2. The van der Waals surface area contributed by atoms with Crippen LogP contribution < -0.4 is 4.74 Å². The number of aryl methyl sites for hydroxylation is 2. The minimum absolute atomic E-state index is 0.124. The van der Waals surface area contributed by atoms with Crippen LogP contribution in [-0.2, 0) is 11.2 Å². The Morgan fingerprint density at radius 1 is 1.14 bits per heavy atom. The lowest BCUT2D eigenvalue weighted by atomic mass is 10.0. The second-order valence-electron chi connectivity index (χ2n) is 7.39. The van der Waals surface area contributed by atoms with Crippen LogP contribution in [0, 0.1) is 6.92 Å². The average molecular weight is 391 g/mol. The highest BCUT2D eigenvalue weighted by atomic mass is 16.5. The maximum absolute atomic E-state index is 12.9. The molecule has 0 spiro atoms. The number of hydrogen-bond donors (Lipinski definition) is 0. The Hall–Kier alpha value is -3.15. The monoisotopic (exact) mass is 391 g/mol. The van der Waals surface area contributed by atoms with Crippen molar-refractivity contribution in [2.75, 3.05) is 13.7 Å². The largest absolute Gasteiger partial charge is 0.497 e. The zero-order valence-electron chi connectivity index (χ0n) is 16.8. The van der Waals surface area contributed by atoms with Crippen molar-refractivity contribution in [3.05, 3.63) is 65.5 Å². The van der Waals surface area contributed by atoms with Gasteiger partial charge in [0.25, 0.3) is 0 Å². The van der Waals surface area contributed by atoms with Crippen molar-refractivity contribution in [3.8, 4) is 17.2 Å². The van der Waals surface area contributed by atoms with Crippen LogP contribution in [0.25, 0.3) is 11.5 Å². The van der Waals surface area contributed by atoms with Crippen LogP contribution in [0.5, 0.6) is 5.75 Å². The van der Waals surface area contributed by atoms with E-state index in [-0.39, 0.29) is 11.9 Å². The number of benzene rings is 2. The van der Waals surface area contributed by atoms with Gasteiger partial charge in [-0.25, -0.2) is 0 Å². The molecule has 6 nitrogen and oxygen atoms in total. The van der Waals surface area contributed by atoms with Crippen molar-refractivity contribution in [2.45, 2.75) is 38.6 Å². The van der Waals surface area contributed by atoms with Crippen molar-refractivity contribution in [2.24, 2.45) is 0 Å². The van der Waals surface area contributed by atoms with E-state index in [1.165, 1.54) is 5.56 Å². The van der Waals surface area contributed by atoms with Gasteiger partial charge in [-0.2, -0.15) is 0 Å². The van der Waals surface area contributed by atoms with E-state index in [0.29, 0.717) is 24.6 Å². The number of aromatic nitrogens is 2. The molecule has 1 aromatic heterocycles. The fraction of sp³-hybridized carbons (Fsp3) is 0.348. The number of nitrogens with zero attached hydrogens (tertiary/aromatic N) is 3. The fourth-order valence-electron chi connectivity index (χ4n) is 3.76. The van der Waals surface area contributed by atoms with Crippen LogP contribution in [0.4, 0.5) is 0 Å². The molecule has 0 bridgehead atoms. The molecule has 0 saturated carbocycles. The maximum Gasteiger partial charge on any atom is 0.247 e. The molecule has 1 unspecified atom stereocenters. The Labute approximate surface area is 170 Å². The van der Waals surface area contributed by atoms with Crippen LogP contribution in [0.15, 0.2) is 52.9 Å². The fourth-order valence-corrected chi connectivity index (χ4v) is 3.76. The summed E-state index contributed by atoms with van der Waals surface area (Å²) >= 11 is 0. The minimum Gasteiger partial charge on any atom is -0.497 e. The van der Waals surface area contributed by atoms with Crippen molar-refractivity contribution >= 4 is 5.91 Å². The molecule has 6 heteroatoms. The van der Waals surface area contributed by atoms with E-state index in [4.69, 9.17) is 9.15 Å². The quantitative estimate of drug-likeness (QED) is 0.625. The van der Waals surface area contributed by atoms with Gasteiger partial charge in [0.15, 0.2) is 0 Å². The molecule has 1 aliphatic heterocycles. The van der Waals surface area contributed by atoms with Crippen molar-refractivity contribution in [1.82, 2.24) is 15.1 Å². The molecule has 0 N–H and O–H groups in total. The number of rotatable bonds is 6. The Morgan fingerprint density at radius 2 is 1.90 bits per heavy atom. The first kappa shape index (κ1) is 19.2. The number of ether oxygens (including phenoxy) is 1. The molecule has 150 valence electrons. The molecule has 1 amide bonds. The topological polar surface area (TPSA) is 68.5 Å². The van der Waals surface area contributed by atoms with E-state index in [1.807, 2.05) is 60.4 Å². The summed E-state index contributed by atoms with van der Waals surface area (Å²) in [5.41, 5.74) is 3.21. The van der Waals surface area contributed by atoms with E-state index in [1.54, 1.807) is 7.11 Å². The molecule has 1 fully saturated rings. The first-order valence-corrected chi connectivity index (χ1v) is 9.97. The summed E-state index contributed by atoms with van der Waals surface area (Å²) in [4.78, 5) is 14.8. The molecule has 0 radical (unpaired) electrons. The highest BCUT2D eigenvalue weighted by Gasteiger charge is 2.29. The van der Waals surface area contributed by atoms with Crippen molar-refractivity contribution in [1.29, 1.82) is 0 Å². The molecule has 1 saturated heterocycles. The van der Waals surface area contributed by atoms with Crippen LogP contribution in [-0.4, -0.2) is 34.7 Å². The summed E-state index contributed by atoms with van der Waals surface area (Å²) in [7, 11) is 1.65. The predicted molar refractivity (Wildman–Crippen MR) is 109 cm³/mol. The Morgan fingerprint density at radius 3 is 2.62 bits per heavy atom. The van der Waals surface area contributed by atoms with Gasteiger partial charge in [-0.3, -0.25) is 4.79 Å². The van der Waals surface area contributed by atoms with Gasteiger partial charge >= 0.3 is 0 Å². The first-order chi connectivity index (χ1) is 14.1. The van der Waals surface area contributed by atoms with Gasteiger partial charge in [-0.15, -0.1) is 10.2 Å². The highest BCUT2D eigenvalue weighted by molar-refractivity contribution is 5.77. The predicted octanol–water partition coefficient (Wildman–Crippen LogP) is 4.35. The molecule has 1 aliphatic rings. The minimum atomic E-state index is 0.124. The van der Waals surface area contributed by atoms with Crippen LogP contribution in [0.2, 0.25) is 0 Å². The van der Waals surface area contributed by atoms with Gasteiger partial charge in [-0.1, -0.05) is 29.8 Å². The lowest BCUT2D eigenvalue weighted by molar-refractivity contribution is -0.132. The zero-order valence-corrected chi connectivity index (χ0v) is 16.8. The molecule has 3 aromatic rings. The normalized spacial score (nSPS) is 16.2. The number of methoxy groups -OCH3 is 1. The Kier molecular flexibility index (Phi) is 5.60. The van der Waals surface area contributed by atoms with Gasteiger partial charge < -0.3 is 14.1 Å². The lowest BCUT2D eigenvalue weighted by Gasteiger charge is -2.25. The molecular formula is C23H25N3O3. The Balaban J connectivity index is 1.38. The SMILES string of the molecule is COc1ccc(C2CCCN2C(=O)CCc2nnc(-c3ccc(C)cc3)o2)cc1. The third kappa shape index (κ3) is 4.31. The second-order valence-corrected chi connectivity index (χ2v) is 7.39. The maximum atomic E-state index is 12.9. The van der Waals surface area contributed by atoms with Crippen LogP contribution >= 0.6 is 0 Å². The van der Waals surface area contributed by atoms with Gasteiger partial charge in [-0.05, 0) is 49.6 Å². The summed E-state index contributed by atoms with van der Waals surface area (Å²) in [6.07, 6.45) is 2.81. The molecular weight excluding hydrogens is 366 g/mol. The van der Waals surface area contributed by atoms with E-state index in [0.717, 1.165) is 36.3 Å². The lowest BCUT2D eigenvalue weighted by Crippen LogP contribution is -2.30. The van der Waals surface area contributed by atoms with Gasteiger partial charge in [0.2, 0.25) is 17.7 Å². The number of likely N-dealkylation sites (tertiary alicyclic amines) is 1. The van der Waals surface area contributed by atoms with Gasteiger partial charge in [0.1, 0.15) is 5.75 Å². The molecule has 29 heavy (non-hydrogen) atoms. The summed E-state index contributed by atoms with van der Waals surface area (Å²) in [5.74, 6) is 1.93. The van der Waals surface area contributed by atoms with Gasteiger partial charge in [0, 0.05) is 24.9 Å². The number of carbonyl (C=O) groups is 1. The van der Waals surface area contributed by atoms with E-state index in [9.17, 15) is 4.79 Å². The van der Waals surface area contributed by atoms with Crippen molar-refractivity contribution < 1.29 is 13.9 Å². The third-order valence-electron chi connectivity index (χ3n) is 5.39. The standard InChI is InChI=1S/C23H25N3O3/c1-16-5-7-18(8-6-16)23-25-24-21(29-23)13-14-22(27)26-15-3-4-20(26)17-9-11-19(28-2)12-10-17/h5-12,20H,3-4,13-15H2,1-2H3. The Bertz CT molecular complexity index is 964. The van der Waals surface area contributed by atoms with E-state index in [2.05, 4.69) is 10.2 Å². The second kappa shape index (κ2) is 8.47. The molecule has 2 heterocycles. The number of carbonyl (C=O) groups excluding carboxylic acids is 1. The van der Waals surface area contributed by atoms with Crippen LogP contribution in [0.3, 0.4) is 0 Å². The third-order valence-corrected chi connectivity index (χ3v) is 5.39. The first-order valence-electron chi connectivity index (χ1n) is 9.97. The van der Waals surface area contributed by atoms with Crippen molar-refractivity contribution in [3.63, 3.8) is 0 Å². The molecule has 2 aromatic carbocycles. The average Bonchev–Trinajstić information content (AvgIpc) is 3.42. The van der Waals surface area contributed by atoms with E-state index < -0.39 is 0 Å². The number of amides is 1. The molecule has 4 rings (SSSR count). The van der Waals surface area contributed by atoms with Crippen LogP contribution in [0.1, 0.15) is 42.3 Å².